The Kier molecular flexibility index (Phi) is 4.72. The van der Waals surface area contributed by atoms with Crippen LogP contribution in [0.15, 0.2) is 54.6 Å². The average Bonchev–Trinajstić information content (AvgIpc) is 2.84. The summed E-state index contributed by atoms with van der Waals surface area (Å²) in [6, 6.07) is 19.6. The molecular formula is C20H25N. The first-order chi connectivity index (χ1) is 10.3. The third-order valence-electron chi connectivity index (χ3n) is 4.81. The lowest BCUT2D eigenvalue weighted by Crippen LogP contribution is -2.21. The fraction of sp³-hybridized carbons (Fsp3) is 0.400. The van der Waals surface area contributed by atoms with E-state index in [1.54, 1.807) is 0 Å². The SMILES string of the molecule is NC(c1ccc(-c2ccccc2)cc1)C1CCCCCC1. The Morgan fingerprint density at radius 2 is 1.29 bits per heavy atom. The molecule has 1 fully saturated rings. The molecule has 0 heterocycles. The normalized spacial score (nSPS) is 18.1. The van der Waals surface area contributed by atoms with E-state index in [9.17, 15) is 0 Å². The van der Waals surface area contributed by atoms with Crippen LogP contribution in [0.4, 0.5) is 0 Å². The van der Waals surface area contributed by atoms with Crippen LogP contribution >= 0.6 is 0 Å². The third kappa shape index (κ3) is 3.54. The minimum absolute atomic E-state index is 0.202. The Morgan fingerprint density at radius 1 is 0.714 bits per heavy atom. The van der Waals surface area contributed by atoms with Gasteiger partial charge in [0.25, 0.3) is 0 Å². The van der Waals surface area contributed by atoms with Gasteiger partial charge in [-0.05, 0) is 35.4 Å². The van der Waals surface area contributed by atoms with E-state index in [2.05, 4.69) is 54.6 Å². The molecule has 0 bridgehead atoms. The summed E-state index contributed by atoms with van der Waals surface area (Å²) in [4.78, 5) is 0. The van der Waals surface area contributed by atoms with Gasteiger partial charge in [-0.3, -0.25) is 0 Å². The molecular weight excluding hydrogens is 254 g/mol. The molecule has 1 aliphatic carbocycles. The van der Waals surface area contributed by atoms with Crippen LogP contribution in [0, 0.1) is 5.92 Å². The Hall–Kier alpha value is -1.60. The van der Waals surface area contributed by atoms with Gasteiger partial charge in [0.05, 0.1) is 0 Å². The summed E-state index contributed by atoms with van der Waals surface area (Å²) in [5, 5.41) is 0. The topological polar surface area (TPSA) is 26.0 Å². The summed E-state index contributed by atoms with van der Waals surface area (Å²) in [5.74, 6) is 0.662. The predicted octanol–water partition coefficient (Wildman–Crippen LogP) is 5.32. The highest BCUT2D eigenvalue weighted by molar-refractivity contribution is 5.63. The maximum atomic E-state index is 6.53. The molecule has 21 heavy (non-hydrogen) atoms. The molecule has 1 unspecified atom stereocenters. The second-order valence-electron chi connectivity index (χ2n) is 6.27. The fourth-order valence-corrected chi connectivity index (χ4v) is 3.47. The number of benzene rings is 2. The van der Waals surface area contributed by atoms with Gasteiger partial charge in [0.2, 0.25) is 0 Å². The van der Waals surface area contributed by atoms with Crippen molar-refractivity contribution in [2.24, 2.45) is 11.7 Å². The maximum Gasteiger partial charge on any atom is 0.0323 e. The van der Waals surface area contributed by atoms with Crippen molar-refractivity contribution in [3.8, 4) is 11.1 Å². The molecule has 1 saturated carbocycles. The van der Waals surface area contributed by atoms with Crippen LogP contribution in [-0.4, -0.2) is 0 Å². The van der Waals surface area contributed by atoms with Crippen LogP contribution in [0.3, 0.4) is 0 Å². The Labute approximate surface area is 128 Å². The quantitative estimate of drug-likeness (QED) is 0.756. The van der Waals surface area contributed by atoms with Gasteiger partial charge in [-0.2, -0.15) is 0 Å². The Bertz CT molecular complexity index is 536. The minimum atomic E-state index is 0.202. The summed E-state index contributed by atoms with van der Waals surface area (Å²) in [7, 11) is 0. The number of nitrogens with two attached hydrogens (primary N) is 1. The van der Waals surface area contributed by atoms with E-state index in [1.807, 2.05) is 0 Å². The van der Waals surface area contributed by atoms with E-state index in [0.29, 0.717) is 5.92 Å². The number of hydrogen-bond acceptors (Lipinski definition) is 1. The predicted molar refractivity (Wildman–Crippen MR) is 90.0 cm³/mol. The van der Waals surface area contributed by atoms with Gasteiger partial charge in [-0.15, -0.1) is 0 Å². The largest absolute Gasteiger partial charge is 0.324 e. The molecule has 1 atom stereocenters. The highest BCUT2D eigenvalue weighted by atomic mass is 14.7. The van der Waals surface area contributed by atoms with Crippen LogP contribution in [0.1, 0.15) is 50.1 Å². The van der Waals surface area contributed by atoms with Crippen molar-refractivity contribution in [2.75, 3.05) is 0 Å². The summed E-state index contributed by atoms with van der Waals surface area (Å²) in [6.45, 7) is 0. The van der Waals surface area contributed by atoms with Crippen molar-refractivity contribution in [1.29, 1.82) is 0 Å². The summed E-state index contributed by atoms with van der Waals surface area (Å²) < 4.78 is 0. The minimum Gasteiger partial charge on any atom is -0.324 e. The highest BCUT2D eigenvalue weighted by Crippen LogP contribution is 2.32. The van der Waals surface area contributed by atoms with Crippen molar-refractivity contribution in [3.05, 3.63) is 60.2 Å². The molecule has 0 aromatic heterocycles. The standard InChI is InChI=1S/C20H25N/c21-20(18-10-4-1-2-5-11-18)19-14-12-17(13-15-19)16-8-6-3-7-9-16/h3,6-9,12-15,18,20H,1-2,4-5,10-11,21H2. The molecule has 3 rings (SSSR count). The second kappa shape index (κ2) is 6.91. The summed E-state index contributed by atoms with van der Waals surface area (Å²) in [6.07, 6.45) is 8.05. The maximum absolute atomic E-state index is 6.53. The first-order valence-electron chi connectivity index (χ1n) is 8.25. The van der Waals surface area contributed by atoms with E-state index in [-0.39, 0.29) is 6.04 Å². The van der Waals surface area contributed by atoms with Crippen molar-refractivity contribution < 1.29 is 0 Å². The van der Waals surface area contributed by atoms with Gasteiger partial charge in [0, 0.05) is 6.04 Å². The van der Waals surface area contributed by atoms with E-state index < -0.39 is 0 Å². The number of hydrogen-bond donors (Lipinski definition) is 1. The molecule has 0 aliphatic heterocycles. The van der Waals surface area contributed by atoms with Crippen LogP contribution in [0.25, 0.3) is 11.1 Å². The zero-order valence-corrected chi connectivity index (χ0v) is 12.7. The van der Waals surface area contributed by atoms with E-state index >= 15 is 0 Å². The van der Waals surface area contributed by atoms with Crippen molar-refractivity contribution in [1.82, 2.24) is 0 Å². The van der Waals surface area contributed by atoms with Gasteiger partial charge in [0.15, 0.2) is 0 Å². The molecule has 2 aromatic carbocycles. The number of rotatable bonds is 3. The van der Waals surface area contributed by atoms with Crippen LogP contribution in [-0.2, 0) is 0 Å². The molecule has 2 aromatic rings. The first kappa shape index (κ1) is 14.3. The summed E-state index contributed by atoms with van der Waals surface area (Å²) in [5.41, 5.74) is 10.4. The van der Waals surface area contributed by atoms with Crippen LogP contribution < -0.4 is 5.73 Å². The lowest BCUT2D eigenvalue weighted by molar-refractivity contribution is 0.382. The smallest absolute Gasteiger partial charge is 0.0323 e. The highest BCUT2D eigenvalue weighted by Gasteiger charge is 2.20. The molecule has 0 saturated heterocycles. The zero-order chi connectivity index (χ0) is 14.5. The molecule has 1 nitrogen and oxygen atoms in total. The lowest BCUT2D eigenvalue weighted by Gasteiger charge is -2.23. The van der Waals surface area contributed by atoms with E-state index in [4.69, 9.17) is 5.73 Å². The molecule has 1 aliphatic rings. The average molecular weight is 279 g/mol. The Balaban J connectivity index is 1.74. The monoisotopic (exact) mass is 279 g/mol. The van der Waals surface area contributed by atoms with E-state index in [0.717, 1.165) is 0 Å². The van der Waals surface area contributed by atoms with Crippen molar-refractivity contribution >= 4 is 0 Å². The molecule has 110 valence electrons. The zero-order valence-electron chi connectivity index (χ0n) is 12.7. The van der Waals surface area contributed by atoms with Crippen molar-refractivity contribution in [2.45, 2.75) is 44.6 Å². The molecule has 1 heteroatoms. The van der Waals surface area contributed by atoms with Crippen LogP contribution in [0.5, 0.6) is 0 Å². The Morgan fingerprint density at radius 3 is 1.90 bits per heavy atom. The van der Waals surface area contributed by atoms with Gasteiger partial charge in [-0.25, -0.2) is 0 Å². The van der Waals surface area contributed by atoms with Crippen molar-refractivity contribution in [3.63, 3.8) is 0 Å². The van der Waals surface area contributed by atoms with Gasteiger partial charge < -0.3 is 5.73 Å². The molecule has 0 spiro atoms. The molecule has 0 radical (unpaired) electrons. The summed E-state index contributed by atoms with van der Waals surface area (Å²) >= 11 is 0. The third-order valence-corrected chi connectivity index (χ3v) is 4.81. The van der Waals surface area contributed by atoms with Gasteiger partial charge >= 0.3 is 0 Å². The van der Waals surface area contributed by atoms with Crippen LogP contribution in [0.2, 0.25) is 0 Å². The molecule has 0 amide bonds. The molecule has 2 N–H and O–H groups in total. The van der Waals surface area contributed by atoms with Gasteiger partial charge in [0.1, 0.15) is 0 Å². The van der Waals surface area contributed by atoms with E-state index in [1.165, 1.54) is 55.2 Å². The van der Waals surface area contributed by atoms with Gasteiger partial charge in [-0.1, -0.05) is 80.3 Å². The second-order valence-corrected chi connectivity index (χ2v) is 6.27. The first-order valence-corrected chi connectivity index (χ1v) is 8.25. The lowest BCUT2D eigenvalue weighted by atomic mass is 9.87. The fourth-order valence-electron chi connectivity index (χ4n) is 3.47.